The van der Waals surface area contributed by atoms with Crippen molar-refractivity contribution in [2.45, 2.75) is 4.90 Å². The Hall–Kier alpha value is -1.79. The molecule has 19 heavy (non-hydrogen) atoms. The van der Waals surface area contributed by atoms with Gasteiger partial charge in [-0.15, -0.1) is 0 Å². The van der Waals surface area contributed by atoms with Crippen molar-refractivity contribution < 1.29 is 8.42 Å². The summed E-state index contributed by atoms with van der Waals surface area (Å²) in [5.41, 5.74) is 5.96. The maximum atomic E-state index is 12.4. The zero-order valence-electron chi connectivity index (χ0n) is 10.1. The number of aromatic nitrogens is 1. The molecule has 7 heteroatoms. The van der Waals surface area contributed by atoms with Gasteiger partial charge in [-0.1, -0.05) is 17.7 Å². The van der Waals surface area contributed by atoms with Crippen LogP contribution in [0.25, 0.3) is 0 Å². The lowest BCUT2D eigenvalue weighted by Crippen LogP contribution is -2.27. The number of hydrogen-bond donors (Lipinski definition) is 1. The fourth-order valence-corrected chi connectivity index (χ4v) is 3.21. The van der Waals surface area contributed by atoms with Crippen LogP contribution in [0.1, 0.15) is 0 Å². The van der Waals surface area contributed by atoms with E-state index >= 15 is 0 Å². The van der Waals surface area contributed by atoms with E-state index in [9.17, 15) is 8.42 Å². The number of nitrogens with two attached hydrogens (primary N) is 1. The Morgan fingerprint density at radius 1 is 1.26 bits per heavy atom. The lowest BCUT2D eigenvalue weighted by Gasteiger charge is -2.19. The Morgan fingerprint density at radius 3 is 2.58 bits per heavy atom. The fourth-order valence-electron chi connectivity index (χ4n) is 1.54. The van der Waals surface area contributed by atoms with Gasteiger partial charge in [0.1, 0.15) is 10.7 Å². The molecule has 0 aliphatic carbocycles. The number of nitrogen functional groups attached to an aromatic ring is 1. The first-order valence-corrected chi connectivity index (χ1v) is 7.20. The van der Waals surface area contributed by atoms with Gasteiger partial charge in [0.15, 0.2) is 0 Å². The first-order valence-electron chi connectivity index (χ1n) is 5.38. The van der Waals surface area contributed by atoms with E-state index in [0.717, 1.165) is 4.31 Å². The maximum absolute atomic E-state index is 12.4. The van der Waals surface area contributed by atoms with Crippen LogP contribution in [-0.2, 0) is 10.0 Å². The number of hydrogen-bond acceptors (Lipinski definition) is 4. The minimum absolute atomic E-state index is 0.00322. The number of sulfonamides is 1. The summed E-state index contributed by atoms with van der Waals surface area (Å²) in [4.78, 5) is 3.99. The lowest BCUT2D eigenvalue weighted by atomic mass is 10.3. The van der Waals surface area contributed by atoms with Gasteiger partial charge < -0.3 is 5.73 Å². The molecule has 0 aliphatic heterocycles. The SMILES string of the molecule is CN(c1ccccn1)S(=O)(=O)c1ccc(N)cc1Cl. The van der Waals surface area contributed by atoms with E-state index in [1.54, 1.807) is 18.2 Å². The van der Waals surface area contributed by atoms with Crippen LogP contribution in [-0.4, -0.2) is 20.4 Å². The molecular weight excluding hydrogens is 286 g/mol. The third kappa shape index (κ3) is 2.64. The molecule has 1 aromatic carbocycles. The molecule has 0 atom stereocenters. The third-order valence-electron chi connectivity index (χ3n) is 2.57. The number of rotatable bonds is 3. The Balaban J connectivity index is 2.48. The molecule has 2 aromatic rings. The van der Waals surface area contributed by atoms with Crippen LogP contribution >= 0.6 is 11.6 Å². The van der Waals surface area contributed by atoms with Crippen LogP contribution in [0.5, 0.6) is 0 Å². The van der Waals surface area contributed by atoms with E-state index in [2.05, 4.69) is 4.98 Å². The van der Waals surface area contributed by atoms with Gasteiger partial charge in [-0.05, 0) is 30.3 Å². The second-order valence-electron chi connectivity index (χ2n) is 3.85. The Morgan fingerprint density at radius 2 is 2.00 bits per heavy atom. The third-order valence-corrected chi connectivity index (χ3v) is 4.81. The lowest BCUT2D eigenvalue weighted by molar-refractivity contribution is 0.594. The number of halogens is 1. The Bertz CT molecular complexity index is 689. The topological polar surface area (TPSA) is 76.3 Å². The van der Waals surface area contributed by atoms with Gasteiger partial charge in [0.2, 0.25) is 0 Å². The minimum Gasteiger partial charge on any atom is -0.399 e. The average molecular weight is 298 g/mol. The second-order valence-corrected chi connectivity index (χ2v) is 6.20. The molecule has 0 fully saturated rings. The van der Waals surface area contributed by atoms with Crippen molar-refractivity contribution >= 4 is 33.1 Å². The highest BCUT2D eigenvalue weighted by Gasteiger charge is 2.24. The highest BCUT2D eigenvalue weighted by atomic mass is 35.5. The van der Waals surface area contributed by atoms with Crippen molar-refractivity contribution in [2.24, 2.45) is 0 Å². The average Bonchev–Trinajstić information content (AvgIpc) is 2.38. The molecule has 1 aromatic heterocycles. The molecule has 0 radical (unpaired) electrons. The second kappa shape index (κ2) is 5.07. The van der Waals surface area contributed by atoms with Crippen LogP contribution in [0, 0.1) is 0 Å². The largest absolute Gasteiger partial charge is 0.399 e. The van der Waals surface area contributed by atoms with E-state index in [4.69, 9.17) is 17.3 Å². The number of pyridine rings is 1. The highest BCUT2D eigenvalue weighted by molar-refractivity contribution is 7.92. The van der Waals surface area contributed by atoms with Crippen molar-refractivity contribution in [1.82, 2.24) is 4.98 Å². The molecule has 0 spiro atoms. The van der Waals surface area contributed by atoms with E-state index in [0.29, 0.717) is 11.5 Å². The van der Waals surface area contributed by atoms with E-state index < -0.39 is 10.0 Å². The molecule has 1 heterocycles. The van der Waals surface area contributed by atoms with Gasteiger partial charge in [-0.25, -0.2) is 13.4 Å². The summed E-state index contributed by atoms with van der Waals surface area (Å²) in [6.45, 7) is 0. The van der Waals surface area contributed by atoms with Gasteiger partial charge in [0.05, 0.1) is 5.02 Å². The quantitative estimate of drug-likeness (QED) is 0.881. The molecule has 100 valence electrons. The number of benzene rings is 1. The van der Waals surface area contributed by atoms with Gasteiger partial charge >= 0.3 is 0 Å². The summed E-state index contributed by atoms with van der Waals surface area (Å²) < 4.78 is 25.9. The highest BCUT2D eigenvalue weighted by Crippen LogP contribution is 2.27. The maximum Gasteiger partial charge on any atom is 0.266 e. The van der Waals surface area contributed by atoms with Crippen LogP contribution in [0.4, 0.5) is 11.5 Å². The van der Waals surface area contributed by atoms with Crippen LogP contribution < -0.4 is 10.0 Å². The standard InChI is InChI=1S/C12H12ClN3O2S/c1-16(12-4-2-3-7-15-12)19(17,18)11-6-5-9(14)8-10(11)13/h2-8H,14H2,1H3. The van der Waals surface area contributed by atoms with E-state index in [-0.39, 0.29) is 9.92 Å². The minimum atomic E-state index is -3.76. The molecule has 0 aliphatic rings. The molecule has 0 bridgehead atoms. The van der Waals surface area contributed by atoms with Crippen molar-refractivity contribution in [2.75, 3.05) is 17.1 Å². The van der Waals surface area contributed by atoms with Crippen LogP contribution in [0.2, 0.25) is 5.02 Å². The van der Waals surface area contributed by atoms with Gasteiger partial charge in [0, 0.05) is 18.9 Å². The summed E-state index contributed by atoms with van der Waals surface area (Å²) >= 11 is 5.94. The molecule has 0 saturated carbocycles. The zero-order chi connectivity index (χ0) is 14.0. The molecule has 2 rings (SSSR count). The first-order chi connectivity index (χ1) is 8.93. The fraction of sp³-hybridized carbons (Fsp3) is 0.0833. The number of nitrogens with zero attached hydrogens (tertiary/aromatic N) is 2. The molecule has 2 N–H and O–H groups in total. The van der Waals surface area contributed by atoms with Gasteiger partial charge in [-0.2, -0.15) is 0 Å². The van der Waals surface area contributed by atoms with Crippen LogP contribution in [0.15, 0.2) is 47.5 Å². The predicted molar refractivity (Wildman–Crippen MR) is 75.7 cm³/mol. The normalized spacial score (nSPS) is 11.3. The van der Waals surface area contributed by atoms with Crippen molar-refractivity contribution in [3.8, 4) is 0 Å². The molecule has 0 amide bonds. The monoisotopic (exact) mass is 297 g/mol. The van der Waals surface area contributed by atoms with Crippen LogP contribution in [0.3, 0.4) is 0 Å². The summed E-state index contributed by atoms with van der Waals surface area (Å²) in [6, 6.07) is 9.29. The smallest absolute Gasteiger partial charge is 0.266 e. The van der Waals surface area contributed by atoms with E-state index in [1.165, 1.54) is 31.4 Å². The first kappa shape index (κ1) is 13.6. The van der Waals surface area contributed by atoms with Gasteiger partial charge in [0.25, 0.3) is 10.0 Å². The molecule has 0 saturated heterocycles. The summed E-state index contributed by atoms with van der Waals surface area (Å²) in [5, 5.41) is 0.0859. The zero-order valence-corrected chi connectivity index (χ0v) is 11.7. The Kier molecular flexibility index (Phi) is 3.64. The predicted octanol–water partition coefficient (Wildman–Crippen LogP) is 2.14. The molecule has 0 unspecified atom stereocenters. The Labute approximate surface area is 116 Å². The van der Waals surface area contributed by atoms with Crippen molar-refractivity contribution in [3.05, 3.63) is 47.6 Å². The van der Waals surface area contributed by atoms with Gasteiger partial charge in [-0.3, -0.25) is 4.31 Å². The summed E-state index contributed by atoms with van der Waals surface area (Å²) in [7, 11) is -2.34. The van der Waals surface area contributed by atoms with Crippen molar-refractivity contribution in [1.29, 1.82) is 0 Å². The molecule has 5 nitrogen and oxygen atoms in total. The summed E-state index contributed by atoms with van der Waals surface area (Å²) in [6.07, 6.45) is 1.52. The molecular formula is C12H12ClN3O2S. The van der Waals surface area contributed by atoms with E-state index in [1.807, 2.05) is 0 Å². The number of anilines is 2. The van der Waals surface area contributed by atoms with Crippen molar-refractivity contribution in [3.63, 3.8) is 0 Å². The summed E-state index contributed by atoms with van der Waals surface area (Å²) in [5.74, 6) is 0.315.